The Balaban J connectivity index is 1.71. The molecule has 1 aromatic heterocycles. The minimum Gasteiger partial charge on any atom is -0.370 e. The second-order valence-corrected chi connectivity index (χ2v) is 4.45. The normalized spacial score (nSPS) is 14.8. The summed E-state index contributed by atoms with van der Waals surface area (Å²) >= 11 is 0. The van der Waals surface area contributed by atoms with E-state index in [4.69, 9.17) is 0 Å². The standard InChI is InChI=1S/C13H21N3/c1-2-14-12-6-3-7-13(16-12)15-10-4-5-11-8-9-11/h3,6-7,11H,2,4-5,8-10H2,1H3,(H2,14,15,16). The molecule has 1 aliphatic carbocycles. The fourth-order valence-electron chi connectivity index (χ4n) is 1.83. The monoisotopic (exact) mass is 219 g/mol. The summed E-state index contributed by atoms with van der Waals surface area (Å²) in [5, 5.41) is 6.59. The van der Waals surface area contributed by atoms with E-state index < -0.39 is 0 Å². The molecule has 1 fully saturated rings. The molecule has 3 heteroatoms. The molecule has 0 aliphatic heterocycles. The topological polar surface area (TPSA) is 37.0 Å². The van der Waals surface area contributed by atoms with Gasteiger partial charge in [0, 0.05) is 13.1 Å². The van der Waals surface area contributed by atoms with Gasteiger partial charge in [-0.25, -0.2) is 4.98 Å². The quantitative estimate of drug-likeness (QED) is 0.692. The zero-order valence-corrected chi connectivity index (χ0v) is 10.00. The van der Waals surface area contributed by atoms with E-state index >= 15 is 0 Å². The fourth-order valence-corrected chi connectivity index (χ4v) is 1.83. The van der Waals surface area contributed by atoms with Crippen molar-refractivity contribution in [2.75, 3.05) is 23.7 Å². The van der Waals surface area contributed by atoms with Crippen molar-refractivity contribution in [2.45, 2.75) is 32.6 Å². The summed E-state index contributed by atoms with van der Waals surface area (Å²) in [6.07, 6.45) is 5.54. The first-order valence-corrected chi connectivity index (χ1v) is 6.33. The zero-order valence-electron chi connectivity index (χ0n) is 10.00. The molecule has 16 heavy (non-hydrogen) atoms. The number of hydrogen-bond acceptors (Lipinski definition) is 3. The van der Waals surface area contributed by atoms with Gasteiger partial charge in [0.05, 0.1) is 0 Å². The van der Waals surface area contributed by atoms with Crippen LogP contribution in [0.3, 0.4) is 0 Å². The van der Waals surface area contributed by atoms with E-state index in [1.165, 1.54) is 25.7 Å². The third-order valence-corrected chi connectivity index (χ3v) is 2.90. The van der Waals surface area contributed by atoms with Crippen LogP contribution in [0.15, 0.2) is 18.2 Å². The molecule has 1 aromatic rings. The summed E-state index contributed by atoms with van der Waals surface area (Å²) < 4.78 is 0. The molecule has 0 amide bonds. The minimum absolute atomic E-state index is 0.915. The largest absolute Gasteiger partial charge is 0.370 e. The third kappa shape index (κ3) is 3.72. The summed E-state index contributed by atoms with van der Waals surface area (Å²) in [6.45, 7) is 4.04. The van der Waals surface area contributed by atoms with E-state index in [0.717, 1.165) is 30.6 Å². The number of pyridine rings is 1. The van der Waals surface area contributed by atoms with E-state index in [1.807, 2.05) is 18.2 Å². The van der Waals surface area contributed by atoms with Gasteiger partial charge in [-0.2, -0.15) is 0 Å². The number of rotatable bonds is 7. The van der Waals surface area contributed by atoms with Crippen molar-refractivity contribution in [3.63, 3.8) is 0 Å². The zero-order chi connectivity index (χ0) is 11.2. The predicted molar refractivity (Wildman–Crippen MR) is 68.8 cm³/mol. The molecule has 0 unspecified atom stereocenters. The molecule has 1 heterocycles. The van der Waals surface area contributed by atoms with Crippen molar-refractivity contribution in [1.82, 2.24) is 4.98 Å². The van der Waals surface area contributed by atoms with Gasteiger partial charge in [0.15, 0.2) is 0 Å². The van der Waals surface area contributed by atoms with Crippen LogP contribution in [-0.4, -0.2) is 18.1 Å². The first-order valence-electron chi connectivity index (χ1n) is 6.33. The molecular formula is C13H21N3. The van der Waals surface area contributed by atoms with Crippen molar-refractivity contribution in [2.24, 2.45) is 5.92 Å². The smallest absolute Gasteiger partial charge is 0.128 e. The van der Waals surface area contributed by atoms with Crippen molar-refractivity contribution in [3.8, 4) is 0 Å². The lowest BCUT2D eigenvalue weighted by Gasteiger charge is -2.07. The first kappa shape index (κ1) is 11.2. The lowest BCUT2D eigenvalue weighted by Crippen LogP contribution is -2.05. The van der Waals surface area contributed by atoms with Crippen molar-refractivity contribution < 1.29 is 0 Å². The average Bonchev–Trinajstić information content (AvgIpc) is 3.09. The fraction of sp³-hybridized carbons (Fsp3) is 0.615. The lowest BCUT2D eigenvalue weighted by molar-refractivity contribution is 0.686. The summed E-state index contributed by atoms with van der Waals surface area (Å²) in [6, 6.07) is 6.06. The Morgan fingerprint density at radius 3 is 2.69 bits per heavy atom. The van der Waals surface area contributed by atoms with Gasteiger partial charge in [0.2, 0.25) is 0 Å². The molecule has 0 atom stereocenters. The minimum atomic E-state index is 0.915. The average molecular weight is 219 g/mol. The summed E-state index contributed by atoms with van der Waals surface area (Å²) in [5.41, 5.74) is 0. The first-order chi connectivity index (χ1) is 7.88. The van der Waals surface area contributed by atoms with Gasteiger partial charge in [-0.3, -0.25) is 0 Å². The molecule has 0 spiro atoms. The van der Waals surface area contributed by atoms with Crippen molar-refractivity contribution in [3.05, 3.63) is 18.2 Å². The third-order valence-electron chi connectivity index (χ3n) is 2.90. The number of anilines is 2. The van der Waals surface area contributed by atoms with E-state index in [0.29, 0.717) is 0 Å². The van der Waals surface area contributed by atoms with Crippen LogP contribution in [0.5, 0.6) is 0 Å². The van der Waals surface area contributed by atoms with Crippen molar-refractivity contribution >= 4 is 11.6 Å². The highest BCUT2D eigenvalue weighted by molar-refractivity contribution is 5.44. The Morgan fingerprint density at radius 2 is 2.00 bits per heavy atom. The lowest BCUT2D eigenvalue weighted by atomic mass is 10.2. The molecule has 88 valence electrons. The molecule has 0 saturated heterocycles. The van der Waals surface area contributed by atoms with Gasteiger partial charge in [-0.1, -0.05) is 18.9 Å². The number of hydrogen-bond donors (Lipinski definition) is 2. The maximum atomic E-state index is 4.47. The summed E-state index contributed by atoms with van der Waals surface area (Å²) in [7, 11) is 0. The molecule has 1 aliphatic rings. The molecular weight excluding hydrogens is 198 g/mol. The highest BCUT2D eigenvalue weighted by atomic mass is 15.1. The second kappa shape index (κ2) is 5.73. The van der Waals surface area contributed by atoms with Gasteiger partial charge < -0.3 is 10.6 Å². The summed E-state index contributed by atoms with van der Waals surface area (Å²) in [5.74, 6) is 2.96. The van der Waals surface area contributed by atoms with Crippen LogP contribution >= 0.6 is 0 Å². The van der Waals surface area contributed by atoms with E-state index in [-0.39, 0.29) is 0 Å². The van der Waals surface area contributed by atoms with Crippen LogP contribution < -0.4 is 10.6 Å². The molecule has 3 nitrogen and oxygen atoms in total. The Kier molecular flexibility index (Phi) is 4.03. The van der Waals surface area contributed by atoms with Crippen LogP contribution in [0, 0.1) is 5.92 Å². The number of aromatic nitrogens is 1. The Hall–Kier alpha value is -1.25. The molecule has 0 aromatic carbocycles. The van der Waals surface area contributed by atoms with Gasteiger partial charge in [0.25, 0.3) is 0 Å². The van der Waals surface area contributed by atoms with Gasteiger partial charge >= 0.3 is 0 Å². The van der Waals surface area contributed by atoms with E-state index in [2.05, 4.69) is 22.5 Å². The van der Waals surface area contributed by atoms with E-state index in [1.54, 1.807) is 0 Å². The molecule has 0 radical (unpaired) electrons. The number of nitrogens with one attached hydrogen (secondary N) is 2. The summed E-state index contributed by atoms with van der Waals surface area (Å²) in [4.78, 5) is 4.47. The highest BCUT2D eigenvalue weighted by Crippen LogP contribution is 2.33. The second-order valence-electron chi connectivity index (χ2n) is 4.45. The molecule has 2 N–H and O–H groups in total. The Labute approximate surface area is 97.7 Å². The molecule has 0 bridgehead atoms. The maximum absolute atomic E-state index is 4.47. The van der Waals surface area contributed by atoms with Gasteiger partial charge in [0.1, 0.15) is 11.6 Å². The van der Waals surface area contributed by atoms with Crippen molar-refractivity contribution in [1.29, 1.82) is 0 Å². The van der Waals surface area contributed by atoms with Crippen LogP contribution in [0.1, 0.15) is 32.6 Å². The highest BCUT2D eigenvalue weighted by Gasteiger charge is 2.19. The Bertz CT molecular complexity index is 321. The van der Waals surface area contributed by atoms with Gasteiger partial charge in [-0.15, -0.1) is 0 Å². The SMILES string of the molecule is CCNc1cccc(NCCCC2CC2)n1. The molecule has 1 saturated carbocycles. The van der Waals surface area contributed by atoms with Crippen LogP contribution in [0.2, 0.25) is 0 Å². The van der Waals surface area contributed by atoms with Gasteiger partial charge in [-0.05, 0) is 37.8 Å². The predicted octanol–water partition coefficient (Wildman–Crippen LogP) is 3.12. The number of nitrogens with zero attached hydrogens (tertiary/aromatic N) is 1. The molecule has 2 rings (SSSR count). The van der Waals surface area contributed by atoms with Crippen LogP contribution in [0.4, 0.5) is 11.6 Å². The van der Waals surface area contributed by atoms with E-state index in [9.17, 15) is 0 Å². The van der Waals surface area contributed by atoms with Crippen LogP contribution in [0.25, 0.3) is 0 Å². The maximum Gasteiger partial charge on any atom is 0.128 e. The van der Waals surface area contributed by atoms with Crippen LogP contribution in [-0.2, 0) is 0 Å². The Morgan fingerprint density at radius 1 is 1.25 bits per heavy atom.